The number of nitrogens with one attached hydrogen (secondary N) is 1. The van der Waals surface area contributed by atoms with E-state index in [4.69, 9.17) is 4.74 Å². The summed E-state index contributed by atoms with van der Waals surface area (Å²) in [7, 11) is 0. The summed E-state index contributed by atoms with van der Waals surface area (Å²) in [6.45, 7) is 8.94. The van der Waals surface area contributed by atoms with Gasteiger partial charge in [-0.25, -0.2) is 0 Å². The maximum absolute atomic E-state index is 14.2. The van der Waals surface area contributed by atoms with E-state index < -0.39 is 53.2 Å². The van der Waals surface area contributed by atoms with Crippen molar-refractivity contribution >= 4 is 11.9 Å². The van der Waals surface area contributed by atoms with Crippen LogP contribution >= 0.6 is 0 Å². The Kier molecular flexibility index (Phi) is 7.71. The molecule has 1 aromatic carbocycles. The number of hydrogen-bond donors (Lipinski definition) is 4. The van der Waals surface area contributed by atoms with Crippen LogP contribution in [0.4, 0.5) is 0 Å². The number of carbonyl (C=O) groups excluding carboxylic acids is 2. The lowest BCUT2D eigenvalue weighted by Crippen LogP contribution is -2.60. The van der Waals surface area contributed by atoms with Gasteiger partial charge in [0.15, 0.2) is 0 Å². The van der Waals surface area contributed by atoms with Gasteiger partial charge in [0.25, 0.3) is 0 Å². The third-order valence-electron chi connectivity index (χ3n) is 8.79. The molecule has 4 rings (SSSR count). The van der Waals surface area contributed by atoms with E-state index in [2.05, 4.69) is 5.32 Å². The fourth-order valence-corrected chi connectivity index (χ4v) is 7.01. The molecule has 0 bridgehead atoms. The maximum Gasteiger partial charge on any atom is 0.303 e. The van der Waals surface area contributed by atoms with E-state index in [1.807, 2.05) is 57.2 Å². The number of allylic oxidation sites excluding steroid dienone is 1. The Morgan fingerprint density at radius 3 is 2.43 bits per heavy atom. The van der Waals surface area contributed by atoms with Crippen molar-refractivity contribution in [1.29, 1.82) is 0 Å². The Balaban J connectivity index is 1.96. The lowest BCUT2D eigenvalue weighted by atomic mass is 9.53. The molecule has 10 atom stereocenters. The zero-order chi connectivity index (χ0) is 27.1. The number of ether oxygens (including phenoxy) is 1. The number of hydrogen-bond acceptors (Lipinski definition) is 6. The molecule has 1 amide bonds. The molecule has 1 heterocycles. The normalized spacial score (nSPS) is 42.1. The molecule has 2 aliphatic carbocycles. The van der Waals surface area contributed by atoms with Gasteiger partial charge in [0.05, 0.1) is 11.7 Å². The van der Waals surface area contributed by atoms with Crippen molar-refractivity contribution < 1.29 is 29.6 Å². The minimum Gasteiger partial charge on any atom is -0.457 e. The molecule has 7 heteroatoms. The van der Waals surface area contributed by atoms with Crippen molar-refractivity contribution in [2.24, 2.45) is 29.1 Å². The highest BCUT2D eigenvalue weighted by Gasteiger charge is 2.68. The summed E-state index contributed by atoms with van der Waals surface area (Å²) < 4.78 is 5.88. The van der Waals surface area contributed by atoms with Gasteiger partial charge in [-0.1, -0.05) is 63.3 Å². The third-order valence-corrected chi connectivity index (χ3v) is 8.79. The second kappa shape index (κ2) is 10.4. The van der Waals surface area contributed by atoms with Gasteiger partial charge in [-0.15, -0.1) is 0 Å². The molecule has 37 heavy (non-hydrogen) atoms. The first-order chi connectivity index (χ1) is 17.4. The Hall–Kier alpha value is -2.48. The van der Waals surface area contributed by atoms with Crippen LogP contribution in [0.3, 0.4) is 0 Å². The van der Waals surface area contributed by atoms with Crippen molar-refractivity contribution in [1.82, 2.24) is 5.32 Å². The van der Waals surface area contributed by atoms with Crippen LogP contribution in [-0.2, 0) is 20.7 Å². The standard InChI is InChI=1S/C30H41NO6/c1-17-11-12-25(37-20(4)32)30-22(27(34)24(33)14-18(2)13-17)16-29(5,36)19(3)26(30)23(31-28(30)35)15-21-9-7-6-8-10-21/h6-12,16-19,23-27,33-34,36H,13-15H2,1-5H3,(H,31,35). The molecule has 0 saturated carbocycles. The first-order valence-electron chi connectivity index (χ1n) is 13.4. The molecular formula is C30H41NO6. The Morgan fingerprint density at radius 1 is 1.11 bits per heavy atom. The Morgan fingerprint density at radius 2 is 1.78 bits per heavy atom. The highest BCUT2D eigenvalue weighted by molar-refractivity contribution is 5.91. The molecule has 0 aromatic heterocycles. The van der Waals surface area contributed by atoms with Crippen molar-refractivity contribution in [2.75, 3.05) is 0 Å². The molecule has 0 radical (unpaired) electrons. The number of carbonyl (C=O) groups is 2. The second-order valence-electron chi connectivity index (χ2n) is 11.8. The molecule has 10 unspecified atom stereocenters. The van der Waals surface area contributed by atoms with E-state index in [0.717, 1.165) is 12.0 Å². The SMILES string of the molecule is CC(=O)OC1C=CC(C)CC(C)CC(O)C(O)C2=CC(C)(O)C(C)C3C(Cc4ccccc4)NC(=O)C213. The highest BCUT2D eigenvalue weighted by atomic mass is 16.5. The largest absolute Gasteiger partial charge is 0.457 e. The zero-order valence-electron chi connectivity index (χ0n) is 22.4. The van der Waals surface area contributed by atoms with E-state index in [-0.39, 0.29) is 23.3 Å². The van der Waals surface area contributed by atoms with Gasteiger partial charge in [-0.05, 0) is 61.2 Å². The summed E-state index contributed by atoms with van der Waals surface area (Å²) in [6.07, 6.45) is 3.31. The topological polar surface area (TPSA) is 116 Å². The van der Waals surface area contributed by atoms with Gasteiger partial charge in [0, 0.05) is 18.9 Å². The molecule has 7 nitrogen and oxygen atoms in total. The van der Waals surface area contributed by atoms with Crippen molar-refractivity contribution in [2.45, 2.75) is 83.8 Å². The van der Waals surface area contributed by atoms with Crippen LogP contribution in [0, 0.1) is 29.1 Å². The monoisotopic (exact) mass is 511 g/mol. The van der Waals surface area contributed by atoms with Crippen LogP contribution < -0.4 is 5.32 Å². The summed E-state index contributed by atoms with van der Waals surface area (Å²) in [5, 5.41) is 37.5. The molecule has 1 spiro atoms. The average molecular weight is 512 g/mol. The molecule has 1 aliphatic heterocycles. The molecule has 1 aromatic rings. The van der Waals surface area contributed by atoms with Crippen LogP contribution in [0.15, 0.2) is 54.1 Å². The number of esters is 1. The summed E-state index contributed by atoms with van der Waals surface area (Å²) in [6, 6.07) is 9.39. The quantitative estimate of drug-likeness (QED) is 0.366. The summed E-state index contributed by atoms with van der Waals surface area (Å²) >= 11 is 0. The first kappa shape index (κ1) is 27.6. The minimum absolute atomic E-state index is 0.103. The number of rotatable bonds is 3. The van der Waals surface area contributed by atoms with Gasteiger partial charge >= 0.3 is 5.97 Å². The minimum atomic E-state index is -1.49. The van der Waals surface area contributed by atoms with Crippen molar-refractivity contribution in [3.63, 3.8) is 0 Å². The van der Waals surface area contributed by atoms with E-state index in [1.54, 1.807) is 13.0 Å². The Labute approximate surface area is 219 Å². The Bertz CT molecular complexity index is 1070. The van der Waals surface area contributed by atoms with E-state index >= 15 is 0 Å². The third kappa shape index (κ3) is 5.01. The predicted molar refractivity (Wildman–Crippen MR) is 140 cm³/mol. The number of amides is 1. The van der Waals surface area contributed by atoms with Crippen molar-refractivity contribution in [3.8, 4) is 0 Å². The highest BCUT2D eigenvalue weighted by Crippen LogP contribution is 2.58. The van der Waals surface area contributed by atoms with Gasteiger partial charge in [-0.2, -0.15) is 0 Å². The van der Waals surface area contributed by atoms with E-state index in [1.165, 1.54) is 13.0 Å². The lowest BCUT2D eigenvalue weighted by molar-refractivity contribution is -0.158. The molecule has 202 valence electrons. The van der Waals surface area contributed by atoms with Gasteiger partial charge in [0.1, 0.15) is 17.6 Å². The fraction of sp³-hybridized carbons (Fsp3) is 0.600. The first-order valence-corrected chi connectivity index (χ1v) is 13.4. The zero-order valence-corrected chi connectivity index (χ0v) is 22.4. The second-order valence-corrected chi connectivity index (χ2v) is 11.8. The van der Waals surface area contributed by atoms with Crippen LogP contribution in [0.25, 0.3) is 0 Å². The molecule has 1 saturated heterocycles. The molecule has 3 aliphatic rings. The van der Waals surface area contributed by atoms with Crippen molar-refractivity contribution in [3.05, 3.63) is 59.7 Å². The summed E-state index contributed by atoms with van der Waals surface area (Å²) in [5.74, 6) is -1.66. The van der Waals surface area contributed by atoms with Gasteiger partial charge in [-0.3, -0.25) is 9.59 Å². The average Bonchev–Trinajstić information content (AvgIpc) is 3.10. The van der Waals surface area contributed by atoms with E-state index in [9.17, 15) is 24.9 Å². The summed E-state index contributed by atoms with van der Waals surface area (Å²) in [5.41, 5.74) is -1.61. The predicted octanol–water partition coefficient (Wildman–Crippen LogP) is 2.93. The maximum atomic E-state index is 14.2. The number of aliphatic hydroxyl groups excluding tert-OH is 2. The van der Waals surface area contributed by atoms with Crippen LogP contribution in [0.1, 0.15) is 53.0 Å². The van der Waals surface area contributed by atoms with Crippen LogP contribution in [0.2, 0.25) is 0 Å². The van der Waals surface area contributed by atoms with Crippen LogP contribution in [-0.4, -0.2) is 57.2 Å². The van der Waals surface area contributed by atoms with Gasteiger partial charge in [0.2, 0.25) is 5.91 Å². The van der Waals surface area contributed by atoms with Gasteiger partial charge < -0.3 is 25.4 Å². The molecule has 4 N–H and O–H groups in total. The summed E-state index contributed by atoms with van der Waals surface area (Å²) in [4.78, 5) is 26.6. The van der Waals surface area contributed by atoms with E-state index in [0.29, 0.717) is 12.8 Å². The fourth-order valence-electron chi connectivity index (χ4n) is 7.01. The molecule has 1 fully saturated rings. The molecular weight excluding hydrogens is 470 g/mol. The number of aliphatic hydroxyl groups is 3. The smallest absolute Gasteiger partial charge is 0.303 e. The lowest BCUT2D eigenvalue weighted by Gasteiger charge is -2.51. The number of benzene rings is 1. The van der Waals surface area contributed by atoms with Crippen LogP contribution in [0.5, 0.6) is 0 Å².